The smallest absolute Gasteiger partial charge is 0.288 e. The molecule has 30 heavy (non-hydrogen) atoms. The quantitative estimate of drug-likeness (QED) is 0.350. The van der Waals surface area contributed by atoms with Crippen LogP contribution in [-0.4, -0.2) is 28.6 Å². The van der Waals surface area contributed by atoms with E-state index in [-0.39, 0.29) is 16.0 Å². The lowest BCUT2D eigenvalue weighted by atomic mass is 10.2. The molecule has 0 amide bonds. The van der Waals surface area contributed by atoms with Gasteiger partial charge in [0.05, 0.1) is 11.0 Å². The highest BCUT2D eigenvalue weighted by Gasteiger charge is 2.39. The maximum absolute atomic E-state index is 13.0. The first-order valence-electron chi connectivity index (χ1n) is 9.97. The Kier molecular flexibility index (Phi) is 8.01. The minimum atomic E-state index is -3.79. The number of sulfonamides is 1. The summed E-state index contributed by atoms with van der Waals surface area (Å²) in [7, 11) is -6.73. The number of hydrogen-bond acceptors (Lipinski definition) is 3. The molecule has 2 aromatic rings. The summed E-state index contributed by atoms with van der Waals surface area (Å²) >= 11 is 0. The van der Waals surface area contributed by atoms with Gasteiger partial charge in [-0.3, -0.25) is 0 Å². The normalized spacial score (nSPS) is 15.0. The second-order valence-corrected chi connectivity index (χ2v) is 17.2. The Hall–Kier alpha value is -1.54. The van der Waals surface area contributed by atoms with Crippen molar-refractivity contribution in [3.8, 4) is 0 Å². The van der Waals surface area contributed by atoms with Crippen LogP contribution in [0.25, 0.3) is 0 Å². The average molecular weight is 464 g/mol. The van der Waals surface area contributed by atoms with Gasteiger partial charge in [-0.15, -0.1) is 10.3 Å². The SMILES string of the molecule is C=C[C@@H](C/[S@](=N\S(=O)(=O)c1ccc(C)cc1)c1ccccc1)O[Si](C)(C)C(C)(C)C. The lowest BCUT2D eigenvalue weighted by Crippen LogP contribution is -2.44. The second kappa shape index (κ2) is 9.72. The van der Waals surface area contributed by atoms with Crippen molar-refractivity contribution in [1.82, 2.24) is 0 Å². The summed E-state index contributed by atoms with van der Waals surface area (Å²) in [4.78, 5) is 1.08. The van der Waals surface area contributed by atoms with Crippen LogP contribution in [-0.2, 0) is 25.1 Å². The number of rotatable bonds is 8. The van der Waals surface area contributed by atoms with Crippen molar-refractivity contribution < 1.29 is 12.8 Å². The van der Waals surface area contributed by atoms with E-state index in [1.54, 1.807) is 30.3 Å². The van der Waals surface area contributed by atoms with Gasteiger partial charge in [-0.1, -0.05) is 62.7 Å². The van der Waals surface area contributed by atoms with Crippen molar-refractivity contribution in [2.24, 2.45) is 3.77 Å². The average Bonchev–Trinajstić information content (AvgIpc) is 2.66. The van der Waals surface area contributed by atoms with E-state index in [0.29, 0.717) is 5.75 Å². The Morgan fingerprint density at radius 1 is 1.10 bits per heavy atom. The molecule has 0 aliphatic rings. The molecule has 2 atom stereocenters. The zero-order chi connectivity index (χ0) is 22.6. The first kappa shape index (κ1) is 24.7. The molecule has 2 rings (SSSR count). The van der Waals surface area contributed by atoms with Gasteiger partial charge in [-0.2, -0.15) is 8.42 Å². The molecule has 4 nitrogen and oxygen atoms in total. The molecule has 0 aliphatic carbocycles. The fraction of sp³-hybridized carbons (Fsp3) is 0.391. The molecule has 0 radical (unpaired) electrons. The number of aryl methyl sites for hydroxylation is 1. The van der Waals surface area contributed by atoms with Crippen LogP contribution >= 0.6 is 0 Å². The Labute approximate surface area is 185 Å². The van der Waals surface area contributed by atoms with Gasteiger partial charge in [0, 0.05) is 10.6 Å². The highest BCUT2D eigenvalue weighted by atomic mass is 32.3. The Bertz CT molecular complexity index is 993. The van der Waals surface area contributed by atoms with Crippen LogP contribution in [0.4, 0.5) is 0 Å². The molecule has 7 heteroatoms. The zero-order valence-electron chi connectivity index (χ0n) is 18.8. The summed E-state index contributed by atoms with van der Waals surface area (Å²) in [5.74, 6) is 0.450. The number of hydrogen-bond donors (Lipinski definition) is 0. The molecule has 164 valence electrons. The lowest BCUT2D eigenvalue weighted by Gasteiger charge is -2.38. The van der Waals surface area contributed by atoms with Crippen molar-refractivity contribution >= 4 is 29.0 Å². The lowest BCUT2D eigenvalue weighted by molar-refractivity contribution is 0.247. The van der Waals surface area contributed by atoms with Crippen molar-refractivity contribution in [2.45, 2.75) is 61.7 Å². The van der Waals surface area contributed by atoms with Gasteiger partial charge in [0.15, 0.2) is 8.32 Å². The summed E-state index contributed by atoms with van der Waals surface area (Å²) in [6, 6.07) is 16.4. The predicted molar refractivity (Wildman–Crippen MR) is 130 cm³/mol. The summed E-state index contributed by atoms with van der Waals surface area (Å²) in [5, 5.41) is 0.0464. The van der Waals surface area contributed by atoms with E-state index in [9.17, 15) is 8.42 Å². The van der Waals surface area contributed by atoms with E-state index in [4.69, 9.17) is 4.43 Å². The monoisotopic (exact) mass is 463 g/mol. The molecular weight excluding hydrogens is 430 g/mol. The van der Waals surface area contributed by atoms with E-state index in [1.165, 1.54) is 0 Å². The van der Waals surface area contributed by atoms with Crippen molar-refractivity contribution in [3.05, 3.63) is 72.8 Å². The summed E-state index contributed by atoms with van der Waals surface area (Å²) in [6.07, 6.45) is 1.50. The third-order valence-corrected chi connectivity index (χ3v) is 13.7. The van der Waals surface area contributed by atoms with Crippen LogP contribution in [0.3, 0.4) is 0 Å². The molecule has 0 fully saturated rings. The molecule has 0 aliphatic heterocycles. The van der Waals surface area contributed by atoms with Gasteiger partial charge in [-0.05, 0) is 60.0 Å². The van der Waals surface area contributed by atoms with Gasteiger partial charge >= 0.3 is 0 Å². The second-order valence-electron chi connectivity index (χ2n) is 8.86. The van der Waals surface area contributed by atoms with E-state index >= 15 is 0 Å². The third kappa shape index (κ3) is 6.48. The minimum absolute atomic E-state index is 0.0464. The predicted octanol–water partition coefficient (Wildman–Crippen LogP) is 6.12. The van der Waals surface area contributed by atoms with Crippen LogP contribution < -0.4 is 0 Å². The van der Waals surface area contributed by atoms with E-state index in [0.717, 1.165) is 10.5 Å². The molecule has 0 N–H and O–H groups in total. The minimum Gasteiger partial charge on any atom is -0.410 e. The molecule has 0 heterocycles. The van der Waals surface area contributed by atoms with Crippen molar-refractivity contribution in [1.29, 1.82) is 0 Å². The first-order valence-corrected chi connectivity index (χ1v) is 15.7. The van der Waals surface area contributed by atoms with Gasteiger partial charge in [0.1, 0.15) is 0 Å². The van der Waals surface area contributed by atoms with Gasteiger partial charge in [0.25, 0.3) is 10.0 Å². The van der Waals surface area contributed by atoms with Crippen LogP contribution in [0.5, 0.6) is 0 Å². The van der Waals surface area contributed by atoms with Crippen LogP contribution in [0.15, 0.2) is 80.8 Å². The van der Waals surface area contributed by atoms with E-state index in [2.05, 4.69) is 44.2 Å². The van der Waals surface area contributed by atoms with Crippen molar-refractivity contribution in [2.75, 3.05) is 5.75 Å². The number of nitrogens with zero attached hydrogens (tertiary/aromatic N) is 1. The van der Waals surface area contributed by atoms with Crippen LogP contribution in [0.1, 0.15) is 26.3 Å². The van der Waals surface area contributed by atoms with Gasteiger partial charge in [0.2, 0.25) is 0 Å². The standard InChI is InChI=1S/C23H33NO3S2Si/c1-8-20(27-30(6,7)23(3,4)5)18-28(21-12-10-9-11-13-21)24-29(25,26)22-16-14-19(2)15-17-22/h8-17,20H,1,18H2,2-7H3/t20-,28-/m0/s1. The molecule has 0 saturated heterocycles. The first-order chi connectivity index (χ1) is 13.9. The molecule has 0 bridgehead atoms. The topological polar surface area (TPSA) is 55.7 Å². The summed E-state index contributed by atoms with van der Waals surface area (Å²) in [6.45, 7) is 16.8. The zero-order valence-corrected chi connectivity index (χ0v) is 21.4. The Balaban J connectivity index is 2.44. The highest BCUT2D eigenvalue weighted by molar-refractivity contribution is 8.00. The Morgan fingerprint density at radius 2 is 1.67 bits per heavy atom. The third-order valence-electron chi connectivity index (χ3n) is 5.36. The van der Waals surface area contributed by atoms with Gasteiger partial charge < -0.3 is 4.43 Å². The number of benzene rings is 2. The summed E-state index contributed by atoms with van der Waals surface area (Å²) in [5.41, 5.74) is 1.01. The van der Waals surface area contributed by atoms with Crippen LogP contribution in [0, 0.1) is 6.92 Å². The maximum atomic E-state index is 13.0. The molecular formula is C23H33NO3S2Si. The van der Waals surface area contributed by atoms with Crippen LogP contribution in [0.2, 0.25) is 18.1 Å². The van der Waals surface area contributed by atoms with E-state index in [1.807, 2.05) is 37.3 Å². The van der Waals surface area contributed by atoms with Crippen molar-refractivity contribution in [3.63, 3.8) is 0 Å². The van der Waals surface area contributed by atoms with Gasteiger partial charge in [-0.25, -0.2) is 0 Å². The maximum Gasteiger partial charge on any atom is 0.288 e. The molecule has 0 spiro atoms. The Morgan fingerprint density at radius 3 is 2.17 bits per heavy atom. The molecule has 0 unspecified atom stereocenters. The highest BCUT2D eigenvalue weighted by Crippen LogP contribution is 2.37. The molecule has 0 saturated carbocycles. The fourth-order valence-corrected chi connectivity index (χ4v) is 7.43. The molecule has 2 aromatic carbocycles. The molecule has 0 aromatic heterocycles. The largest absolute Gasteiger partial charge is 0.410 e. The fourth-order valence-electron chi connectivity index (χ4n) is 2.48. The summed E-state index contributed by atoms with van der Waals surface area (Å²) < 4.78 is 36.9. The van der Waals surface area contributed by atoms with E-state index < -0.39 is 29.0 Å².